The summed E-state index contributed by atoms with van der Waals surface area (Å²) in [5, 5.41) is 8.54. The van der Waals surface area contributed by atoms with Crippen molar-refractivity contribution in [3.63, 3.8) is 0 Å². The Kier molecular flexibility index (Phi) is 6.55. The molecule has 0 saturated heterocycles. The maximum Gasteiger partial charge on any atom is 0.358 e. The van der Waals surface area contributed by atoms with Gasteiger partial charge in [-0.05, 0) is 24.3 Å². The Bertz CT molecular complexity index is 852. The Labute approximate surface area is 147 Å². The van der Waals surface area contributed by atoms with Gasteiger partial charge in [0, 0.05) is 0 Å². The molecule has 0 spiro atoms. The van der Waals surface area contributed by atoms with Crippen molar-refractivity contribution >= 4 is 5.97 Å². The van der Waals surface area contributed by atoms with Gasteiger partial charge in [-0.1, -0.05) is 24.3 Å². The molecule has 1 aromatic heterocycles. The standard InChI is InChI=1S/C12H9FN2O3.C6H5FO/c1-17-12(16)9-6-15-11(7-14-9)18-10-5-3-2-4-8(10)13;7-5-3-1-2-4-6(5)8/h2-7H,1H3;1-4,8H. The Hall–Kier alpha value is -3.55. The van der Waals surface area contributed by atoms with Crippen LogP contribution in [0.2, 0.25) is 0 Å². The quantitative estimate of drug-likeness (QED) is 0.717. The van der Waals surface area contributed by atoms with Crippen molar-refractivity contribution in [2.24, 2.45) is 0 Å². The predicted molar refractivity (Wildman–Crippen MR) is 87.9 cm³/mol. The molecule has 0 bridgehead atoms. The number of ether oxygens (including phenoxy) is 2. The Balaban J connectivity index is 0.000000254. The lowest BCUT2D eigenvalue weighted by Crippen LogP contribution is -2.05. The number of aromatic hydroxyl groups is 1. The molecular weight excluding hydrogens is 346 g/mol. The highest BCUT2D eigenvalue weighted by Gasteiger charge is 2.09. The van der Waals surface area contributed by atoms with Crippen LogP contribution in [-0.2, 0) is 4.74 Å². The van der Waals surface area contributed by atoms with Crippen molar-refractivity contribution in [1.29, 1.82) is 0 Å². The largest absolute Gasteiger partial charge is 0.505 e. The Morgan fingerprint density at radius 3 is 2.12 bits per heavy atom. The number of halogens is 2. The first-order valence-corrected chi connectivity index (χ1v) is 7.27. The molecule has 0 atom stereocenters. The van der Waals surface area contributed by atoms with Gasteiger partial charge in [0.1, 0.15) is 0 Å². The molecule has 0 aliphatic heterocycles. The summed E-state index contributed by atoms with van der Waals surface area (Å²) in [6, 6.07) is 11.5. The average molecular weight is 360 g/mol. The molecule has 6 nitrogen and oxygen atoms in total. The van der Waals surface area contributed by atoms with Crippen molar-refractivity contribution in [2.45, 2.75) is 0 Å². The van der Waals surface area contributed by atoms with E-state index in [4.69, 9.17) is 9.84 Å². The van der Waals surface area contributed by atoms with Gasteiger partial charge in [0.25, 0.3) is 0 Å². The molecule has 0 fully saturated rings. The van der Waals surface area contributed by atoms with Crippen molar-refractivity contribution in [1.82, 2.24) is 9.97 Å². The second kappa shape index (κ2) is 9.07. The lowest BCUT2D eigenvalue weighted by Gasteiger charge is -2.05. The number of hydrogen-bond acceptors (Lipinski definition) is 6. The normalized spacial score (nSPS) is 9.65. The molecule has 0 unspecified atom stereocenters. The van der Waals surface area contributed by atoms with E-state index in [9.17, 15) is 13.6 Å². The molecule has 0 saturated carbocycles. The van der Waals surface area contributed by atoms with Crippen LogP contribution in [0.1, 0.15) is 10.5 Å². The average Bonchev–Trinajstić information content (AvgIpc) is 2.66. The fraction of sp³-hybridized carbons (Fsp3) is 0.0556. The molecule has 2 aromatic carbocycles. The van der Waals surface area contributed by atoms with Gasteiger partial charge in [-0.2, -0.15) is 0 Å². The molecule has 3 rings (SSSR count). The third-order valence-electron chi connectivity index (χ3n) is 2.93. The van der Waals surface area contributed by atoms with Crippen molar-refractivity contribution in [3.8, 4) is 17.4 Å². The third kappa shape index (κ3) is 5.23. The molecule has 1 N–H and O–H groups in total. The van der Waals surface area contributed by atoms with Crippen LogP contribution < -0.4 is 4.74 Å². The lowest BCUT2D eigenvalue weighted by molar-refractivity contribution is 0.0593. The zero-order valence-corrected chi connectivity index (χ0v) is 13.6. The third-order valence-corrected chi connectivity index (χ3v) is 2.93. The van der Waals surface area contributed by atoms with Crippen molar-refractivity contribution < 1.29 is 28.2 Å². The topological polar surface area (TPSA) is 81.5 Å². The number of aromatic nitrogens is 2. The highest BCUT2D eigenvalue weighted by Crippen LogP contribution is 2.21. The molecular formula is C18H14F2N2O4. The number of rotatable bonds is 3. The van der Waals surface area contributed by atoms with Gasteiger partial charge >= 0.3 is 5.97 Å². The van der Waals surface area contributed by atoms with Crippen LogP contribution in [0, 0.1) is 11.6 Å². The Morgan fingerprint density at radius 2 is 1.62 bits per heavy atom. The van der Waals surface area contributed by atoms with E-state index in [1.807, 2.05) is 0 Å². The van der Waals surface area contributed by atoms with E-state index < -0.39 is 17.6 Å². The summed E-state index contributed by atoms with van der Waals surface area (Å²) in [6.07, 6.45) is 2.42. The SMILES string of the molecule is COC(=O)c1cnc(Oc2ccccc2F)cn1.Oc1ccccc1F. The number of carbonyl (C=O) groups is 1. The zero-order valence-electron chi connectivity index (χ0n) is 13.6. The molecule has 3 aromatic rings. The summed E-state index contributed by atoms with van der Waals surface area (Å²) in [4.78, 5) is 18.7. The van der Waals surface area contributed by atoms with Gasteiger partial charge in [0.15, 0.2) is 28.8 Å². The maximum absolute atomic E-state index is 13.3. The number of carbonyl (C=O) groups excluding carboxylic acids is 1. The van der Waals surface area contributed by atoms with E-state index >= 15 is 0 Å². The summed E-state index contributed by atoms with van der Waals surface area (Å²) in [6.45, 7) is 0. The minimum Gasteiger partial charge on any atom is -0.505 e. The predicted octanol–water partition coefficient (Wildman–Crippen LogP) is 3.73. The van der Waals surface area contributed by atoms with Gasteiger partial charge in [-0.25, -0.2) is 23.5 Å². The number of esters is 1. The minimum atomic E-state index is -0.597. The van der Waals surface area contributed by atoms with E-state index in [1.165, 1.54) is 49.8 Å². The van der Waals surface area contributed by atoms with Crippen LogP contribution in [0.5, 0.6) is 17.4 Å². The van der Waals surface area contributed by atoms with E-state index in [0.29, 0.717) is 0 Å². The summed E-state index contributed by atoms with van der Waals surface area (Å²) in [7, 11) is 1.24. The first-order chi connectivity index (χ1) is 12.5. The molecule has 8 heteroatoms. The van der Waals surface area contributed by atoms with Gasteiger partial charge in [0.05, 0.1) is 19.5 Å². The van der Waals surface area contributed by atoms with E-state index in [1.54, 1.807) is 18.2 Å². The van der Waals surface area contributed by atoms with Crippen molar-refractivity contribution in [3.05, 3.63) is 78.3 Å². The summed E-state index contributed by atoms with van der Waals surface area (Å²) < 4.78 is 35.0. The molecule has 0 aliphatic rings. The van der Waals surface area contributed by atoms with Gasteiger partial charge < -0.3 is 14.6 Å². The fourth-order valence-electron chi connectivity index (χ4n) is 1.67. The fourth-order valence-corrected chi connectivity index (χ4v) is 1.67. The molecule has 1 heterocycles. The highest BCUT2D eigenvalue weighted by molar-refractivity contribution is 5.86. The van der Waals surface area contributed by atoms with Crippen LogP contribution in [-0.4, -0.2) is 28.2 Å². The number of hydrogen-bond donors (Lipinski definition) is 1. The zero-order chi connectivity index (χ0) is 18.9. The van der Waals surface area contributed by atoms with Gasteiger partial charge in [-0.15, -0.1) is 0 Å². The van der Waals surface area contributed by atoms with Crippen molar-refractivity contribution in [2.75, 3.05) is 7.11 Å². The number of para-hydroxylation sites is 2. The monoisotopic (exact) mass is 360 g/mol. The summed E-state index contributed by atoms with van der Waals surface area (Å²) in [5.74, 6) is -1.85. The molecule has 0 aliphatic carbocycles. The molecule has 0 amide bonds. The summed E-state index contributed by atoms with van der Waals surface area (Å²) >= 11 is 0. The number of methoxy groups -OCH3 is 1. The van der Waals surface area contributed by atoms with Crippen LogP contribution in [0.3, 0.4) is 0 Å². The second-order valence-corrected chi connectivity index (χ2v) is 4.72. The van der Waals surface area contributed by atoms with E-state index in [2.05, 4.69) is 14.7 Å². The first-order valence-electron chi connectivity index (χ1n) is 7.27. The van der Waals surface area contributed by atoms with Crippen LogP contribution in [0.4, 0.5) is 8.78 Å². The summed E-state index contributed by atoms with van der Waals surface area (Å²) in [5.41, 5.74) is 0.0541. The smallest absolute Gasteiger partial charge is 0.358 e. The van der Waals surface area contributed by atoms with E-state index in [0.717, 1.165) is 0 Å². The highest BCUT2D eigenvalue weighted by atomic mass is 19.1. The number of phenolic OH excluding ortho intramolecular Hbond substituents is 1. The molecule has 0 radical (unpaired) electrons. The lowest BCUT2D eigenvalue weighted by atomic mass is 10.3. The van der Waals surface area contributed by atoms with Crippen LogP contribution in [0.15, 0.2) is 60.9 Å². The number of nitrogens with zero attached hydrogens (tertiary/aromatic N) is 2. The number of phenols is 1. The van der Waals surface area contributed by atoms with Crippen LogP contribution in [0.25, 0.3) is 0 Å². The second-order valence-electron chi connectivity index (χ2n) is 4.72. The molecule has 134 valence electrons. The van der Waals surface area contributed by atoms with Gasteiger partial charge in [-0.3, -0.25) is 0 Å². The first kappa shape index (κ1) is 18.8. The molecule has 26 heavy (non-hydrogen) atoms. The maximum atomic E-state index is 13.3. The number of benzene rings is 2. The van der Waals surface area contributed by atoms with Crippen LogP contribution >= 0.6 is 0 Å². The van der Waals surface area contributed by atoms with Gasteiger partial charge in [0.2, 0.25) is 5.88 Å². The minimum absolute atomic E-state index is 0.0395. The Morgan fingerprint density at radius 1 is 0.962 bits per heavy atom. The van der Waals surface area contributed by atoms with E-state index in [-0.39, 0.29) is 23.1 Å².